The molecule has 23 heavy (non-hydrogen) atoms. The van der Waals surface area contributed by atoms with Gasteiger partial charge < -0.3 is 10.2 Å². The predicted molar refractivity (Wildman–Crippen MR) is 91.8 cm³/mol. The van der Waals surface area contributed by atoms with Crippen LogP contribution in [-0.4, -0.2) is 29.2 Å². The molecule has 1 fully saturated rings. The van der Waals surface area contributed by atoms with E-state index in [9.17, 15) is 4.79 Å². The van der Waals surface area contributed by atoms with Gasteiger partial charge in [-0.2, -0.15) is 0 Å². The van der Waals surface area contributed by atoms with Crippen LogP contribution in [0.2, 0.25) is 0 Å². The summed E-state index contributed by atoms with van der Waals surface area (Å²) < 4.78 is 0. The van der Waals surface area contributed by atoms with Crippen LogP contribution in [0.25, 0.3) is 0 Å². The first-order chi connectivity index (χ1) is 11.1. The number of rotatable bonds is 3. The lowest BCUT2D eigenvalue weighted by Gasteiger charge is -2.30. The molecule has 1 N–H and O–H groups in total. The molecule has 0 saturated carbocycles. The van der Waals surface area contributed by atoms with Crippen molar-refractivity contribution in [1.29, 1.82) is 0 Å². The number of nitrogens with one attached hydrogen (secondary N) is 1. The van der Waals surface area contributed by atoms with E-state index >= 15 is 0 Å². The van der Waals surface area contributed by atoms with Crippen LogP contribution in [0.4, 0.5) is 11.5 Å². The molecule has 5 nitrogen and oxygen atoms in total. The van der Waals surface area contributed by atoms with Crippen molar-refractivity contribution in [2.45, 2.75) is 26.7 Å². The summed E-state index contributed by atoms with van der Waals surface area (Å²) in [5.74, 6) is 1.40. The van der Waals surface area contributed by atoms with Crippen LogP contribution in [0.5, 0.6) is 0 Å². The van der Waals surface area contributed by atoms with Gasteiger partial charge >= 0.3 is 0 Å². The summed E-state index contributed by atoms with van der Waals surface area (Å²) in [4.78, 5) is 14.5. The Kier molecular flexibility index (Phi) is 4.55. The first-order valence-corrected chi connectivity index (χ1v) is 8.09. The number of carbonyl (C=O) groups excluding carboxylic acids is 1. The van der Waals surface area contributed by atoms with Crippen molar-refractivity contribution in [3.05, 3.63) is 47.7 Å². The standard InChI is InChI=1S/C18H22N4O/c1-13-9-11-22(12-10-13)17-8-7-16(20-21-17)18(23)19-15-6-4-3-5-14(15)2/h3-8,13H,9-12H2,1-2H3,(H,19,23). The number of para-hydroxylation sites is 1. The summed E-state index contributed by atoms with van der Waals surface area (Å²) in [5, 5.41) is 11.2. The highest BCUT2D eigenvalue weighted by Crippen LogP contribution is 2.21. The minimum absolute atomic E-state index is 0.231. The first kappa shape index (κ1) is 15.5. The largest absolute Gasteiger partial charge is 0.355 e. The van der Waals surface area contributed by atoms with E-state index in [4.69, 9.17) is 0 Å². The second kappa shape index (κ2) is 6.77. The lowest BCUT2D eigenvalue weighted by atomic mass is 9.99. The number of benzene rings is 1. The molecule has 0 spiro atoms. The average Bonchev–Trinajstić information content (AvgIpc) is 2.58. The van der Waals surface area contributed by atoms with Crippen molar-refractivity contribution in [3.63, 3.8) is 0 Å². The number of carbonyl (C=O) groups is 1. The van der Waals surface area contributed by atoms with Crippen molar-refractivity contribution in [2.75, 3.05) is 23.3 Å². The fraction of sp³-hybridized carbons (Fsp3) is 0.389. The van der Waals surface area contributed by atoms with E-state index in [0.29, 0.717) is 5.69 Å². The predicted octanol–water partition coefficient (Wildman–Crippen LogP) is 3.27. The molecule has 1 aliphatic rings. The quantitative estimate of drug-likeness (QED) is 0.945. The Bertz CT molecular complexity index is 676. The van der Waals surface area contributed by atoms with E-state index in [1.807, 2.05) is 37.3 Å². The maximum absolute atomic E-state index is 12.3. The summed E-state index contributed by atoms with van der Waals surface area (Å²) in [6.45, 7) is 6.25. The third kappa shape index (κ3) is 3.67. The third-order valence-corrected chi connectivity index (χ3v) is 4.38. The fourth-order valence-corrected chi connectivity index (χ4v) is 2.75. The molecule has 0 bridgehead atoms. The molecule has 2 aromatic rings. The van der Waals surface area contributed by atoms with E-state index in [0.717, 1.165) is 36.1 Å². The number of hydrogen-bond acceptors (Lipinski definition) is 4. The number of hydrogen-bond donors (Lipinski definition) is 1. The van der Waals surface area contributed by atoms with Crippen LogP contribution >= 0.6 is 0 Å². The normalized spacial score (nSPS) is 15.5. The molecular weight excluding hydrogens is 288 g/mol. The Labute approximate surface area is 136 Å². The molecule has 1 aromatic heterocycles. The van der Waals surface area contributed by atoms with Crippen LogP contribution in [0.3, 0.4) is 0 Å². The lowest BCUT2D eigenvalue weighted by molar-refractivity contribution is 0.102. The summed E-state index contributed by atoms with van der Waals surface area (Å²) in [7, 11) is 0. The van der Waals surface area contributed by atoms with Crippen LogP contribution in [0.1, 0.15) is 35.8 Å². The van der Waals surface area contributed by atoms with Gasteiger partial charge in [-0.05, 0) is 49.4 Å². The van der Waals surface area contributed by atoms with Crippen molar-refractivity contribution in [2.24, 2.45) is 5.92 Å². The summed E-state index contributed by atoms with van der Waals surface area (Å²) in [5.41, 5.74) is 2.16. The molecule has 5 heteroatoms. The van der Waals surface area contributed by atoms with Crippen LogP contribution < -0.4 is 10.2 Å². The number of aromatic nitrogens is 2. The lowest BCUT2D eigenvalue weighted by Crippen LogP contribution is -2.33. The average molecular weight is 310 g/mol. The van der Waals surface area contributed by atoms with Crippen molar-refractivity contribution in [3.8, 4) is 0 Å². The molecule has 0 aliphatic carbocycles. The maximum atomic E-state index is 12.3. The molecule has 0 unspecified atom stereocenters. The molecule has 0 atom stereocenters. The van der Waals surface area contributed by atoms with Crippen LogP contribution in [0.15, 0.2) is 36.4 Å². The van der Waals surface area contributed by atoms with Gasteiger partial charge in [-0.1, -0.05) is 25.1 Å². The van der Waals surface area contributed by atoms with Gasteiger partial charge in [-0.25, -0.2) is 0 Å². The van der Waals surface area contributed by atoms with Gasteiger partial charge in [0.1, 0.15) is 0 Å². The third-order valence-electron chi connectivity index (χ3n) is 4.38. The summed E-state index contributed by atoms with van der Waals surface area (Å²) in [6, 6.07) is 11.3. The first-order valence-electron chi connectivity index (χ1n) is 8.09. The van der Waals surface area contributed by atoms with E-state index in [1.165, 1.54) is 12.8 Å². The highest BCUT2D eigenvalue weighted by Gasteiger charge is 2.18. The van der Waals surface area contributed by atoms with E-state index < -0.39 is 0 Å². The van der Waals surface area contributed by atoms with Crippen molar-refractivity contribution >= 4 is 17.4 Å². The maximum Gasteiger partial charge on any atom is 0.276 e. The second-order valence-electron chi connectivity index (χ2n) is 6.22. The molecule has 0 radical (unpaired) electrons. The minimum atomic E-state index is -0.231. The number of amides is 1. The zero-order valence-corrected chi connectivity index (χ0v) is 13.6. The Balaban J connectivity index is 1.67. The Morgan fingerprint density at radius 2 is 1.87 bits per heavy atom. The van der Waals surface area contributed by atoms with Gasteiger partial charge in [-0.15, -0.1) is 10.2 Å². The fourth-order valence-electron chi connectivity index (χ4n) is 2.75. The number of piperidine rings is 1. The molecule has 1 aromatic carbocycles. The molecule has 3 rings (SSSR count). The van der Waals surface area contributed by atoms with Crippen LogP contribution in [0, 0.1) is 12.8 Å². The molecular formula is C18H22N4O. The van der Waals surface area contributed by atoms with Gasteiger partial charge in [0.05, 0.1) is 0 Å². The van der Waals surface area contributed by atoms with Gasteiger partial charge in [0.15, 0.2) is 11.5 Å². The van der Waals surface area contributed by atoms with Gasteiger partial charge in [0.2, 0.25) is 0 Å². The van der Waals surface area contributed by atoms with Crippen LogP contribution in [-0.2, 0) is 0 Å². The monoisotopic (exact) mass is 310 g/mol. The molecule has 2 heterocycles. The van der Waals surface area contributed by atoms with Gasteiger partial charge in [-0.3, -0.25) is 4.79 Å². The topological polar surface area (TPSA) is 58.1 Å². The van der Waals surface area contributed by atoms with E-state index in [-0.39, 0.29) is 5.91 Å². The number of nitrogens with zero attached hydrogens (tertiary/aromatic N) is 3. The zero-order valence-electron chi connectivity index (χ0n) is 13.6. The smallest absolute Gasteiger partial charge is 0.276 e. The number of anilines is 2. The Hall–Kier alpha value is -2.43. The van der Waals surface area contributed by atoms with Crippen molar-refractivity contribution < 1.29 is 4.79 Å². The summed E-state index contributed by atoms with van der Waals surface area (Å²) in [6.07, 6.45) is 2.36. The molecule has 1 aliphatic heterocycles. The van der Waals surface area contributed by atoms with E-state index in [2.05, 4.69) is 27.3 Å². The number of aryl methyl sites for hydroxylation is 1. The Morgan fingerprint density at radius 1 is 1.13 bits per heavy atom. The Morgan fingerprint density at radius 3 is 2.52 bits per heavy atom. The van der Waals surface area contributed by atoms with Gasteiger partial charge in [0, 0.05) is 18.8 Å². The SMILES string of the molecule is Cc1ccccc1NC(=O)c1ccc(N2CCC(C)CC2)nn1. The molecule has 1 saturated heterocycles. The van der Waals surface area contributed by atoms with Gasteiger partial charge in [0.25, 0.3) is 5.91 Å². The minimum Gasteiger partial charge on any atom is -0.355 e. The second-order valence-corrected chi connectivity index (χ2v) is 6.22. The zero-order chi connectivity index (χ0) is 16.2. The highest BCUT2D eigenvalue weighted by molar-refractivity contribution is 6.03. The molecule has 120 valence electrons. The van der Waals surface area contributed by atoms with E-state index in [1.54, 1.807) is 6.07 Å². The highest BCUT2D eigenvalue weighted by atomic mass is 16.1. The summed E-state index contributed by atoms with van der Waals surface area (Å²) >= 11 is 0. The molecule has 1 amide bonds. The van der Waals surface area contributed by atoms with Crippen molar-refractivity contribution in [1.82, 2.24) is 10.2 Å².